The average Bonchev–Trinajstić information content (AvgIpc) is 3.40. The minimum Gasteiger partial charge on any atom is -0.379 e. The molecule has 262 valence electrons. The van der Waals surface area contributed by atoms with E-state index in [0.717, 1.165) is 22.6 Å². The minimum atomic E-state index is -0.942. The summed E-state index contributed by atoms with van der Waals surface area (Å²) < 4.78 is 10.7. The van der Waals surface area contributed by atoms with Crippen molar-refractivity contribution in [1.29, 1.82) is 0 Å². The van der Waals surface area contributed by atoms with Crippen LogP contribution in [0.3, 0.4) is 0 Å². The van der Waals surface area contributed by atoms with Crippen molar-refractivity contribution in [3.63, 3.8) is 0 Å². The average molecular weight is 674 g/mol. The number of rotatable bonds is 23. The van der Waals surface area contributed by atoms with Crippen LogP contribution in [0.2, 0.25) is 0 Å². The lowest BCUT2D eigenvalue weighted by atomic mass is 10.1. The van der Waals surface area contributed by atoms with Gasteiger partial charge in [-0.1, -0.05) is 30.3 Å². The third-order valence-electron chi connectivity index (χ3n) is 6.63. The standard InChI is InChI=1S/C31H43N7O10/c1-32-24(39)9-12-34-31(46)23(19-22-5-3-2-4-6-22)37-28(43)21-36-27(42)20-35-26(41)11-15-47-17-18-48-16-13-33-25(40)10-14-38-29(44)7-8-30(38)45/h2-8,23H,9-21H2,1H3,(H,32,39)(H,33,40)(H,34,46)(H,35,41)(H,36,42)(H,37,43). The Kier molecular flexibility index (Phi) is 18.2. The van der Waals surface area contributed by atoms with Crippen LogP contribution in [0.5, 0.6) is 0 Å². The fourth-order valence-electron chi connectivity index (χ4n) is 4.06. The zero-order chi connectivity index (χ0) is 35.1. The molecule has 1 unspecified atom stereocenters. The molecular weight excluding hydrogens is 630 g/mol. The first-order chi connectivity index (χ1) is 23.1. The second kappa shape index (κ2) is 22.4. The van der Waals surface area contributed by atoms with E-state index in [1.54, 1.807) is 24.3 Å². The summed E-state index contributed by atoms with van der Waals surface area (Å²) in [6, 6.07) is 8.09. The minimum absolute atomic E-state index is 0.00193. The fraction of sp³-hybridized carbons (Fsp3) is 0.484. The largest absolute Gasteiger partial charge is 0.379 e. The van der Waals surface area contributed by atoms with Gasteiger partial charge in [-0.3, -0.25) is 43.3 Å². The first-order valence-corrected chi connectivity index (χ1v) is 15.4. The highest BCUT2D eigenvalue weighted by molar-refractivity contribution is 6.13. The van der Waals surface area contributed by atoms with Gasteiger partial charge in [0.25, 0.3) is 11.8 Å². The van der Waals surface area contributed by atoms with E-state index in [1.807, 2.05) is 6.07 Å². The topological polar surface area (TPSA) is 230 Å². The second-order valence-electron chi connectivity index (χ2n) is 10.3. The van der Waals surface area contributed by atoms with E-state index >= 15 is 0 Å². The number of nitrogens with one attached hydrogen (secondary N) is 6. The molecule has 17 nitrogen and oxygen atoms in total. The van der Waals surface area contributed by atoms with Crippen molar-refractivity contribution >= 4 is 47.3 Å². The van der Waals surface area contributed by atoms with Crippen LogP contribution in [0.15, 0.2) is 42.5 Å². The Morgan fingerprint density at radius 2 is 1.29 bits per heavy atom. The van der Waals surface area contributed by atoms with Gasteiger partial charge in [-0.25, -0.2) is 0 Å². The molecule has 17 heteroatoms. The molecule has 1 aromatic carbocycles. The molecule has 0 aromatic heterocycles. The Morgan fingerprint density at radius 1 is 0.667 bits per heavy atom. The van der Waals surface area contributed by atoms with E-state index in [-0.39, 0.29) is 90.1 Å². The van der Waals surface area contributed by atoms with Crippen LogP contribution in [-0.4, -0.2) is 124 Å². The molecule has 0 spiro atoms. The van der Waals surface area contributed by atoms with Gasteiger partial charge >= 0.3 is 0 Å². The summed E-state index contributed by atoms with van der Waals surface area (Å²) in [6.07, 6.45) is 2.56. The quantitative estimate of drug-likeness (QED) is 0.0511. The van der Waals surface area contributed by atoms with Gasteiger partial charge < -0.3 is 41.4 Å². The summed E-state index contributed by atoms with van der Waals surface area (Å²) in [5, 5.41) is 15.1. The predicted octanol–water partition coefficient (Wildman–Crippen LogP) is -2.95. The molecule has 0 radical (unpaired) electrons. The highest BCUT2D eigenvalue weighted by Crippen LogP contribution is 2.05. The third kappa shape index (κ3) is 16.4. The molecule has 8 amide bonds. The number of hydrogen-bond donors (Lipinski definition) is 6. The molecule has 0 fully saturated rings. The molecule has 1 aliphatic rings. The van der Waals surface area contributed by atoms with Gasteiger partial charge in [-0.05, 0) is 5.56 Å². The van der Waals surface area contributed by atoms with Crippen LogP contribution < -0.4 is 31.9 Å². The molecule has 0 aliphatic carbocycles. The summed E-state index contributed by atoms with van der Waals surface area (Å²) >= 11 is 0. The van der Waals surface area contributed by atoms with Crippen LogP contribution in [-0.2, 0) is 54.3 Å². The highest BCUT2D eigenvalue weighted by Gasteiger charge is 2.24. The Morgan fingerprint density at radius 3 is 1.98 bits per heavy atom. The van der Waals surface area contributed by atoms with Crippen molar-refractivity contribution < 1.29 is 47.8 Å². The molecule has 0 bridgehead atoms. The lowest BCUT2D eigenvalue weighted by molar-refractivity contribution is -0.137. The van der Waals surface area contributed by atoms with Crippen LogP contribution in [0.4, 0.5) is 0 Å². The molecule has 1 aliphatic heterocycles. The van der Waals surface area contributed by atoms with Crippen LogP contribution in [0.25, 0.3) is 0 Å². The van der Waals surface area contributed by atoms with Crippen LogP contribution >= 0.6 is 0 Å². The number of carbonyl (C=O) groups excluding carboxylic acids is 8. The maximum Gasteiger partial charge on any atom is 0.253 e. The van der Waals surface area contributed by atoms with E-state index in [0.29, 0.717) is 0 Å². The maximum absolute atomic E-state index is 12.7. The van der Waals surface area contributed by atoms with Gasteiger partial charge in [-0.15, -0.1) is 0 Å². The molecule has 1 atom stereocenters. The van der Waals surface area contributed by atoms with E-state index in [9.17, 15) is 38.4 Å². The lowest BCUT2D eigenvalue weighted by Gasteiger charge is -2.19. The number of hydrogen-bond acceptors (Lipinski definition) is 10. The summed E-state index contributed by atoms with van der Waals surface area (Å²) in [6.45, 7) is 0.239. The van der Waals surface area contributed by atoms with Crippen LogP contribution in [0, 0.1) is 0 Å². The van der Waals surface area contributed by atoms with Gasteiger partial charge in [0, 0.05) is 64.5 Å². The van der Waals surface area contributed by atoms with Crippen molar-refractivity contribution in [3.05, 3.63) is 48.0 Å². The maximum atomic E-state index is 12.7. The first-order valence-electron chi connectivity index (χ1n) is 15.4. The summed E-state index contributed by atoms with van der Waals surface area (Å²) in [7, 11) is 1.49. The number of nitrogens with zero attached hydrogens (tertiary/aromatic N) is 1. The Hall–Kier alpha value is -5.16. The van der Waals surface area contributed by atoms with Gasteiger partial charge in [0.1, 0.15) is 6.04 Å². The normalized spacial score (nSPS) is 12.6. The molecule has 6 N–H and O–H groups in total. The molecule has 0 saturated heterocycles. The van der Waals surface area contributed by atoms with E-state index in [1.165, 1.54) is 7.05 Å². The number of amides is 8. The molecule has 48 heavy (non-hydrogen) atoms. The predicted molar refractivity (Wildman–Crippen MR) is 170 cm³/mol. The Bertz CT molecular complexity index is 1290. The monoisotopic (exact) mass is 673 g/mol. The SMILES string of the molecule is CNC(=O)CCNC(=O)C(Cc1ccccc1)NC(=O)CNC(=O)CNC(=O)CCOCCOCCNC(=O)CCN1C(=O)C=CC1=O. The van der Waals surface area contributed by atoms with Crippen molar-refractivity contribution in [3.8, 4) is 0 Å². The Labute approximate surface area is 277 Å². The molecular formula is C31H43N7O10. The third-order valence-corrected chi connectivity index (χ3v) is 6.63. The summed E-state index contributed by atoms with van der Waals surface area (Å²) in [5.74, 6) is -3.59. The number of ether oxygens (including phenoxy) is 2. The van der Waals surface area contributed by atoms with Crippen LogP contribution in [0.1, 0.15) is 24.8 Å². The molecule has 1 aromatic rings. The lowest BCUT2D eigenvalue weighted by Crippen LogP contribution is -2.51. The van der Waals surface area contributed by atoms with Crippen molar-refractivity contribution in [2.45, 2.75) is 31.7 Å². The zero-order valence-corrected chi connectivity index (χ0v) is 26.8. The van der Waals surface area contributed by atoms with Crippen molar-refractivity contribution in [2.24, 2.45) is 0 Å². The molecule has 0 saturated carbocycles. The zero-order valence-electron chi connectivity index (χ0n) is 26.8. The van der Waals surface area contributed by atoms with Gasteiger partial charge in [0.2, 0.25) is 35.4 Å². The molecule has 2 rings (SSSR count). The first kappa shape index (κ1) is 39.0. The summed E-state index contributed by atoms with van der Waals surface area (Å²) in [5.41, 5.74) is 0.803. The number of imide groups is 1. The van der Waals surface area contributed by atoms with E-state index in [2.05, 4.69) is 31.9 Å². The van der Waals surface area contributed by atoms with E-state index < -0.39 is 48.0 Å². The van der Waals surface area contributed by atoms with Crippen molar-refractivity contribution in [2.75, 3.05) is 66.2 Å². The van der Waals surface area contributed by atoms with Gasteiger partial charge in [-0.2, -0.15) is 0 Å². The Balaban J connectivity index is 1.52. The molecule has 1 heterocycles. The van der Waals surface area contributed by atoms with Gasteiger partial charge in [0.05, 0.1) is 39.5 Å². The van der Waals surface area contributed by atoms with E-state index in [4.69, 9.17) is 9.47 Å². The van der Waals surface area contributed by atoms with Gasteiger partial charge in [0.15, 0.2) is 0 Å². The smallest absolute Gasteiger partial charge is 0.253 e. The van der Waals surface area contributed by atoms with Crippen molar-refractivity contribution in [1.82, 2.24) is 36.8 Å². The fourth-order valence-corrected chi connectivity index (χ4v) is 4.06. The number of benzene rings is 1. The second-order valence-corrected chi connectivity index (χ2v) is 10.3. The summed E-state index contributed by atoms with van der Waals surface area (Å²) in [4.78, 5) is 96.5. The number of carbonyl (C=O) groups is 8. The highest BCUT2D eigenvalue weighted by atomic mass is 16.5.